The van der Waals surface area contributed by atoms with Gasteiger partial charge in [0.1, 0.15) is 11.9 Å². The largest absolute Gasteiger partial charge is 0.493 e. The van der Waals surface area contributed by atoms with Crippen molar-refractivity contribution < 1.29 is 24.1 Å². The lowest BCUT2D eigenvalue weighted by atomic mass is 10.0. The number of H-pyrrole nitrogens is 1. The molecule has 0 saturated carbocycles. The number of hydrogen-bond acceptors (Lipinski definition) is 6. The number of benzene rings is 1. The molecule has 1 saturated heterocycles. The molecule has 1 aliphatic heterocycles. The van der Waals surface area contributed by atoms with Gasteiger partial charge in [0.15, 0.2) is 11.5 Å². The summed E-state index contributed by atoms with van der Waals surface area (Å²) >= 11 is 0. The predicted molar refractivity (Wildman–Crippen MR) is 89.1 cm³/mol. The zero-order valence-electron chi connectivity index (χ0n) is 14.1. The van der Waals surface area contributed by atoms with Crippen LogP contribution >= 0.6 is 0 Å². The molecule has 3 rings (SSSR count). The molecule has 1 aromatic heterocycles. The third kappa shape index (κ3) is 3.69. The van der Waals surface area contributed by atoms with Crippen LogP contribution in [0, 0.1) is 0 Å². The molecule has 2 N–H and O–H groups in total. The Balaban J connectivity index is 1.71. The van der Waals surface area contributed by atoms with E-state index in [2.05, 4.69) is 10.2 Å². The fraction of sp³-hybridized carbons (Fsp3) is 0.412. The molecular formula is C17H21N3O5. The monoisotopic (exact) mass is 347 g/mol. The van der Waals surface area contributed by atoms with Gasteiger partial charge in [0.05, 0.1) is 38.6 Å². The van der Waals surface area contributed by atoms with E-state index in [1.165, 1.54) is 6.20 Å². The molecule has 8 nitrogen and oxygen atoms in total. The van der Waals surface area contributed by atoms with E-state index >= 15 is 0 Å². The fourth-order valence-electron chi connectivity index (χ4n) is 2.82. The number of aromatic amines is 1. The first-order valence-corrected chi connectivity index (χ1v) is 7.97. The molecule has 8 heteroatoms. The molecule has 1 aliphatic rings. The molecule has 1 amide bonds. The van der Waals surface area contributed by atoms with Crippen molar-refractivity contribution in [2.75, 3.05) is 27.3 Å². The Hall–Kier alpha value is -2.74. The molecule has 2 atom stereocenters. The summed E-state index contributed by atoms with van der Waals surface area (Å²) in [5, 5.41) is 16.7. The number of methoxy groups -OCH3 is 2. The molecule has 0 bridgehead atoms. The van der Waals surface area contributed by atoms with Gasteiger partial charge in [-0.1, -0.05) is 0 Å². The van der Waals surface area contributed by atoms with Crippen molar-refractivity contribution in [2.24, 2.45) is 0 Å². The van der Waals surface area contributed by atoms with E-state index in [4.69, 9.17) is 14.2 Å². The number of carbonyl (C=O) groups excluding carboxylic acids is 1. The van der Waals surface area contributed by atoms with Crippen molar-refractivity contribution in [3.63, 3.8) is 0 Å². The first-order valence-electron chi connectivity index (χ1n) is 7.97. The summed E-state index contributed by atoms with van der Waals surface area (Å²) in [6, 6.07) is 5.17. The highest BCUT2D eigenvalue weighted by Crippen LogP contribution is 2.32. The number of likely N-dealkylation sites (tertiary alicyclic amines) is 1. The number of nitrogens with one attached hydrogen (secondary N) is 1. The Labute approximate surface area is 145 Å². The highest BCUT2D eigenvalue weighted by molar-refractivity contribution is 5.93. The summed E-state index contributed by atoms with van der Waals surface area (Å²) in [5.41, 5.74) is 0.487. The number of aliphatic hydroxyl groups is 1. The second-order valence-corrected chi connectivity index (χ2v) is 5.77. The minimum absolute atomic E-state index is 0.137. The van der Waals surface area contributed by atoms with Crippen molar-refractivity contribution in [1.29, 1.82) is 0 Å². The number of rotatable bonds is 5. The first kappa shape index (κ1) is 17.1. The quantitative estimate of drug-likeness (QED) is 0.840. The second-order valence-electron chi connectivity index (χ2n) is 5.77. The van der Waals surface area contributed by atoms with E-state index in [0.717, 1.165) is 0 Å². The van der Waals surface area contributed by atoms with Crippen molar-refractivity contribution in [2.45, 2.75) is 18.6 Å². The highest BCUT2D eigenvalue weighted by Gasteiger charge is 2.32. The lowest BCUT2D eigenvalue weighted by Crippen LogP contribution is -2.51. The van der Waals surface area contributed by atoms with E-state index in [0.29, 0.717) is 42.3 Å². The van der Waals surface area contributed by atoms with Gasteiger partial charge < -0.3 is 24.2 Å². The zero-order valence-corrected chi connectivity index (χ0v) is 14.1. The number of hydrogen-bond donors (Lipinski definition) is 2. The molecule has 0 aliphatic carbocycles. The van der Waals surface area contributed by atoms with Crippen molar-refractivity contribution in [1.82, 2.24) is 15.1 Å². The lowest BCUT2D eigenvalue weighted by molar-refractivity contribution is -0.0193. The normalized spacial score (nSPS) is 20.2. The van der Waals surface area contributed by atoms with E-state index in [1.807, 2.05) is 0 Å². The number of carbonyl (C=O) groups is 1. The molecule has 0 unspecified atom stereocenters. The van der Waals surface area contributed by atoms with Crippen LogP contribution in [0.1, 0.15) is 16.8 Å². The van der Waals surface area contributed by atoms with Crippen molar-refractivity contribution in [3.8, 4) is 17.2 Å². The number of ether oxygens (including phenoxy) is 3. The Morgan fingerprint density at radius 1 is 1.32 bits per heavy atom. The van der Waals surface area contributed by atoms with Gasteiger partial charge in [0, 0.05) is 18.8 Å². The van der Waals surface area contributed by atoms with Crippen LogP contribution < -0.4 is 14.2 Å². The molecular weight excluding hydrogens is 326 g/mol. The molecule has 1 aromatic carbocycles. The van der Waals surface area contributed by atoms with E-state index in [9.17, 15) is 9.90 Å². The molecule has 25 heavy (non-hydrogen) atoms. The summed E-state index contributed by atoms with van der Waals surface area (Å²) in [5.74, 6) is 1.54. The van der Waals surface area contributed by atoms with Crippen LogP contribution in [-0.4, -0.2) is 65.6 Å². The van der Waals surface area contributed by atoms with Gasteiger partial charge in [-0.3, -0.25) is 9.89 Å². The van der Waals surface area contributed by atoms with Gasteiger partial charge in [-0.15, -0.1) is 0 Å². The summed E-state index contributed by atoms with van der Waals surface area (Å²) in [6.45, 7) is 0.760. The Bertz CT molecular complexity index is 719. The van der Waals surface area contributed by atoms with Gasteiger partial charge >= 0.3 is 0 Å². The maximum atomic E-state index is 12.4. The van der Waals surface area contributed by atoms with Crippen LogP contribution in [0.2, 0.25) is 0 Å². The Morgan fingerprint density at radius 3 is 2.80 bits per heavy atom. The van der Waals surface area contributed by atoms with E-state index in [-0.39, 0.29) is 5.91 Å². The molecule has 0 radical (unpaired) electrons. The third-order valence-corrected chi connectivity index (χ3v) is 4.20. The standard InChI is InChI=1S/C17H21N3O5/c1-23-14-4-3-12(7-15(14)24-2)25-16-10-20(6-5-13(16)21)17(22)11-8-18-19-9-11/h3-4,7-9,13,16,21H,5-6,10H2,1-2H3,(H,18,19)/t13-,16-/m1/s1. The van der Waals surface area contributed by atoms with Crippen LogP contribution in [0.25, 0.3) is 0 Å². The summed E-state index contributed by atoms with van der Waals surface area (Å²) in [6.07, 6.45) is 2.31. The minimum atomic E-state index is -0.651. The van der Waals surface area contributed by atoms with Crippen LogP contribution in [0.4, 0.5) is 0 Å². The predicted octanol–water partition coefficient (Wildman–Crippen LogP) is 1.08. The van der Waals surface area contributed by atoms with Gasteiger partial charge in [-0.25, -0.2) is 0 Å². The molecule has 2 heterocycles. The zero-order chi connectivity index (χ0) is 17.8. The second kappa shape index (κ2) is 7.43. The number of aliphatic hydroxyl groups excluding tert-OH is 1. The summed E-state index contributed by atoms with van der Waals surface area (Å²) in [7, 11) is 3.10. The Morgan fingerprint density at radius 2 is 2.12 bits per heavy atom. The average Bonchev–Trinajstić information content (AvgIpc) is 3.17. The van der Waals surface area contributed by atoms with E-state index < -0.39 is 12.2 Å². The van der Waals surface area contributed by atoms with Crippen molar-refractivity contribution >= 4 is 5.91 Å². The number of amides is 1. The number of nitrogens with zero attached hydrogens (tertiary/aromatic N) is 2. The lowest BCUT2D eigenvalue weighted by Gasteiger charge is -2.36. The Kier molecular flexibility index (Phi) is 5.08. The van der Waals surface area contributed by atoms with E-state index in [1.54, 1.807) is 43.5 Å². The van der Waals surface area contributed by atoms with Gasteiger partial charge in [0.2, 0.25) is 0 Å². The average molecular weight is 347 g/mol. The number of aromatic nitrogens is 2. The smallest absolute Gasteiger partial charge is 0.257 e. The van der Waals surface area contributed by atoms with Crippen molar-refractivity contribution in [3.05, 3.63) is 36.2 Å². The summed E-state index contributed by atoms with van der Waals surface area (Å²) in [4.78, 5) is 14.1. The molecule has 134 valence electrons. The van der Waals surface area contributed by atoms with Gasteiger partial charge in [-0.05, 0) is 18.6 Å². The SMILES string of the molecule is COc1ccc(O[C@@H]2CN(C(=O)c3cn[nH]c3)CC[C@H]2O)cc1OC. The van der Waals surface area contributed by atoms with Crippen LogP contribution in [0.3, 0.4) is 0 Å². The van der Waals surface area contributed by atoms with Gasteiger partial charge in [0.25, 0.3) is 5.91 Å². The number of piperidine rings is 1. The minimum Gasteiger partial charge on any atom is -0.493 e. The maximum absolute atomic E-state index is 12.4. The highest BCUT2D eigenvalue weighted by atomic mass is 16.5. The van der Waals surface area contributed by atoms with Crippen LogP contribution in [-0.2, 0) is 0 Å². The fourth-order valence-corrected chi connectivity index (χ4v) is 2.82. The van der Waals surface area contributed by atoms with Gasteiger partial charge in [-0.2, -0.15) is 5.10 Å². The van der Waals surface area contributed by atoms with Crippen LogP contribution in [0.15, 0.2) is 30.6 Å². The topological polar surface area (TPSA) is 96.9 Å². The van der Waals surface area contributed by atoms with Crippen LogP contribution in [0.5, 0.6) is 17.2 Å². The molecule has 0 spiro atoms. The molecule has 1 fully saturated rings. The first-order chi connectivity index (χ1) is 12.1. The summed E-state index contributed by atoms with van der Waals surface area (Å²) < 4.78 is 16.4. The molecule has 2 aromatic rings. The third-order valence-electron chi connectivity index (χ3n) is 4.20. The maximum Gasteiger partial charge on any atom is 0.257 e.